The summed E-state index contributed by atoms with van der Waals surface area (Å²) in [6.45, 7) is 1.97. The first-order valence-corrected chi connectivity index (χ1v) is 6.89. The average molecular weight is 283 g/mol. The van der Waals surface area contributed by atoms with E-state index >= 15 is 0 Å². The van der Waals surface area contributed by atoms with Crippen LogP contribution in [0.5, 0.6) is 0 Å². The van der Waals surface area contributed by atoms with E-state index in [2.05, 4.69) is 20.6 Å². The zero-order valence-electron chi connectivity index (χ0n) is 11.8. The van der Waals surface area contributed by atoms with Crippen molar-refractivity contribution in [3.8, 4) is 0 Å². The number of aryl methyl sites for hydroxylation is 1. The molecular formula is C15H17N5O. The second-order valence-electron chi connectivity index (χ2n) is 4.86. The predicted molar refractivity (Wildman–Crippen MR) is 80.0 cm³/mol. The third-order valence-corrected chi connectivity index (χ3v) is 3.36. The number of rotatable bonds is 5. The molecule has 0 bridgehead atoms. The Labute approximate surface area is 122 Å². The highest BCUT2D eigenvalue weighted by molar-refractivity contribution is 5.45. The largest absolute Gasteiger partial charge is 0.396 e. The van der Waals surface area contributed by atoms with Gasteiger partial charge in [-0.15, -0.1) is 15.3 Å². The number of aromatic nitrogens is 4. The minimum atomic E-state index is 0.0120. The van der Waals surface area contributed by atoms with Crippen LogP contribution in [0.3, 0.4) is 0 Å². The molecule has 21 heavy (non-hydrogen) atoms. The minimum absolute atomic E-state index is 0.0120. The Morgan fingerprint density at radius 1 is 1.14 bits per heavy atom. The number of aliphatic hydroxyl groups is 1. The molecule has 1 atom stereocenters. The fourth-order valence-corrected chi connectivity index (χ4v) is 2.29. The number of anilines is 1. The van der Waals surface area contributed by atoms with E-state index in [9.17, 15) is 5.11 Å². The van der Waals surface area contributed by atoms with Gasteiger partial charge in [0.1, 0.15) is 5.82 Å². The molecule has 6 nitrogen and oxygen atoms in total. The second kappa shape index (κ2) is 5.88. The van der Waals surface area contributed by atoms with Gasteiger partial charge in [0.25, 0.3) is 0 Å². The highest BCUT2D eigenvalue weighted by Crippen LogP contribution is 2.21. The van der Waals surface area contributed by atoms with Gasteiger partial charge >= 0.3 is 0 Å². The maximum Gasteiger partial charge on any atom is 0.178 e. The molecule has 0 radical (unpaired) electrons. The van der Waals surface area contributed by atoms with Crippen molar-refractivity contribution in [1.29, 1.82) is 0 Å². The molecular weight excluding hydrogens is 266 g/mol. The van der Waals surface area contributed by atoms with Gasteiger partial charge in [-0.05, 0) is 31.0 Å². The first kappa shape index (κ1) is 13.5. The van der Waals surface area contributed by atoms with Crippen molar-refractivity contribution in [2.45, 2.75) is 19.4 Å². The van der Waals surface area contributed by atoms with Crippen molar-refractivity contribution in [3.05, 3.63) is 53.9 Å². The number of hydrogen-bond acceptors (Lipinski definition) is 5. The molecule has 0 unspecified atom stereocenters. The van der Waals surface area contributed by atoms with Crippen molar-refractivity contribution in [2.24, 2.45) is 0 Å². The van der Waals surface area contributed by atoms with Crippen molar-refractivity contribution in [3.63, 3.8) is 0 Å². The molecule has 0 aliphatic carbocycles. The molecule has 0 saturated heterocycles. The summed E-state index contributed by atoms with van der Waals surface area (Å²) in [5, 5.41) is 25.1. The van der Waals surface area contributed by atoms with Gasteiger partial charge in [-0.3, -0.25) is 0 Å². The van der Waals surface area contributed by atoms with Gasteiger partial charge in [0, 0.05) is 6.61 Å². The molecule has 0 amide bonds. The summed E-state index contributed by atoms with van der Waals surface area (Å²) in [5.74, 6) is 1.47. The lowest BCUT2D eigenvalue weighted by molar-refractivity contribution is 0.280. The SMILES string of the molecule is Cc1nnc2ccc(N[C@@H](CCO)c3ccccc3)nn12. The lowest BCUT2D eigenvalue weighted by Gasteiger charge is -2.18. The third-order valence-electron chi connectivity index (χ3n) is 3.36. The summed E-state index contributed by atoms with van der Waals surface area (Å²) in [6.07, 6.45) is 0.616. The van der Waals surface area contributed by atoms with E-state index in [-0.39, 0.29) is 12.6 Å². The number of nitrogens with one attached hydrogen (secondary N) is 1. The summed E-state index contributed by atoms with van der Waals surface area (Å²) in [6, 6.07) is 13.8. The topological polar surface area (TPSA) is 75.3 Å². The molecule has 0 saturated carbocycles. The van der Waals surface area contributed by atoms with E-state index in [1.165, 1.54) is 0 Å². The highest BCUT2D eigenvalue weighted by Gasteiger charge is 2.12. The average Bonchev–Trinajstić information content (AvgIpc) is 2.89. The van der Waals surface area contributed by atoms with Gasteiger partial charge in [0.05, 0.1) is 6.04 Å². The quantitative estimate of drug-likeness (QED) is 0.748. The monoisotopic (exact) mass is 283 g/mol. The number of nitrogens with zero attached hydrogens (tertiary/aromatic N) is 4. The molecule has 2 aromatic heterocycles. The fraction of sp³-hybridized carbons (Fsp3) is 0.267. The molecule has 3 aromatic rings. The molecule has 2 N–H and O–H groups in total. The normalized spacial score (nSPS) is 12.5. The van der Waals surface area contributed by atoms with E-state index < -0.39 is 0 Å². The van der Waals surface area contributed by atoms with Crippen LogP contribution >= 0.6 is 0 Å². The first-order valence-electron chi connectivity index (χ1n) is 6.89. The van der Waals surface area contributed by atoms with Crippen LogP contribution in [0.25, 0.3) is 5.65 Å². The standard InChI is InChI=1S/C15H17N5O/c1-11-17-18-15-8-7-14(19-20(11)15)16-13(9-10-21)12-5-3-2-4-6-12/h2-8,13,21H,9-10H2,1H3,(H,16,19)/t13-/m0/s1. The number of hydrogen-bond donors (Lipinski definition) is 2. The van der Waals surface area contributed by atoms with Crippen LogP contribution in [0.2, 0.25) is 0 Å². The van der Waals surface area contributed by atoms with Crippen LogP contribution in [0.1, 0.15) is 23.9 Å². The molecule has 108 valence electrons. The summed E-state index contributed by atoms with van der Waals surface area (Å²) < 4.78 is 1.70. The lowest BCUT2D eigenvalue weighted by atomic mass is 10.0. The maximum atomic E-state index is 9.27. The molecule has 6 heteroatoms. The van der Waals surface area contributed by atoms with Gasteiger partial charge < -0.3 is 10.4 Å². The Hall–Kier alpha value is -2.47. The molecule has 1 aromatic carbocycles. The Bertz CT molecular complexity index is 725. The molecule has 0 aliphatic heterocycles. The van der Waals surface area contributed by atoms with Crippen molar-refractivity contribution < 1.29 is 5.11 Å². The van der Waals surface area contributed by atoms with Gasteiger partial charge in [0.2, 0.25) is 0 Å². The van der Waals surface area contributed by atoms with Crippen LogP contribution in [0, 0.1) is 6.92 Å². The van der Waals surface area contributed by atoms with Crippen LogP contribution in [0.15, 0.2) is 42.5 Å². The van der Waals surface area contributed by atoms with Gasteiger partial charge in [-0.2, -0.15) is 4.52 Å². The van der Waals surface area contributed by atoms with E-state index in [1.54, 1.807) is 4.52 Å². The predicted octanol–water partition coefficient (Wildman–Crippen LogP) is 1.97. The molecule has 3 rings (SSSR count). The fourth-order valence-electron chi connectivity index (χ4n) is 2.29. The Kier molecular flexibility index (Phi) is 3.79. The first-order chi connectivity index (χ1) is 10.3. The molecule has 0 aliphatic rings. The summed E-state index contributed by atoms with van der Waals surface area (Å²) in [7, 11) is 0. The van der Waals surface area contributed by atoms with Crippen molar-refractivity contribution >= 4 is 11.5 Å². The van der Waals surface area contributed by atoms with E-state index in [0.29, 0.717) is 6.42 Å². The van der Waals surface area contributed by atoms with E-state index in [0.717, 1.165) is 22.9 Å². The van der Waals surface area contributed by atoms with Gasteiger partial charge in [-0.1, -0.05) is 30.3 Å². The lowest BCUT2D eigenvalue weighted by Crippen LogP contribution is -2.14. The highest BCUT2D eigenvalue weighted by atomic mass is 16.3. The maximum absolute atomic E-state index is 9.27. The summed E-state index contributed by atoms with van der Waals surface area (Å²) >= 11 is 0. The van der Waals surface area contributed by atoms with E-state index in [1.807, 2.05) is 49.4 Å². The Morgan fingerprint density at radius 2 is 1.95 bits per heavy atom. The molecule has 0 spiro atoms. The second-order valence-corrected chi connectivity index (χ2v) is 4.86. The van der Waals surface area contributed by atoms with Gasteiger partial charge in [-0.25, -0.2) is 0 Å². The Morgan fingerprint density at radius 3 is 2.71 bits per heavy atom. The van der Waals surface area contributed by atoms with Crippen LogP contribution in [-0.4, -0.2) is 31.5 Å². The Balaban J connectivity index is 1.88. The smallest absolute Gasteiger partial charge is 0.178 e. The van der Waals surface area contributed by atoms with Crippen LogP contribution < -0.4 is 5.32 Å². The van der Waals surface area contributed by atoms with Crippen molar-refractivity contribution in [2.75, 3.05) is 11.9 Å². The third kappa shape index (κ3) is 2.85. The molecule has 2 heterocycles. The number of aliphatic hydroxyl groups excluding tert-OH is 1. The van der Waals surface area contributed by atoms with Crippen molar-refractivity contribution in [1.82, 2.24) is 19.8 Å². The van der Waals surface area contributed by atoms with Crippen LogP contribution in [0.4, 0.5) is 5.82 Å². The minimum Gasteiger partial charge on any atom is -0.396 e. The number of fused-ring (bicyclic) bond motifs is 1. The van der Waals surface area contributed by atoms with Crippen LogP contribution in [-0.2, 0) is 0 Å². The number of benzene rings is 1. The zero-order chi connectivity index (χ0) is 14.7. The molecule has 0 fully saturated rings. The zero-order valence-corrected chi connectivity index (χ0v) is 11.8. The summed E-state index contributed by atoms with van der Waals surface area (Å²) in [5.41, 5.74) is 1.84. The summed E-state index contributed by atoms with van der Waals surface area (Å²) in [4.78, 5) is 0. The van der Waals surface area contributed by atoms with E-state index in [4.69, 9.17) is 0 Å². The van der Waals surface area contributed by atoms with Gasteiger partial charge in [0.15, 0.2) is 11.5 Å².